The minimum absolute atomic E-state index is 0.0571. The van der Waals surface area contributed by atoms with Gasteiger partial charge in [0.15, 0.2) is 11.5 Å². The van der Waals surface area contributed by atoms with E-state index in [1.165, 1.54) is 54.6 Å². The average molecular weight is 575 g/mol. The van der Waals surface area contributed by atoms with Crippen LogP contribution in [0, 0.1) is 6.92 Å². The summed E-state index contributed by atoms with van der Waals surface area (Å²) in [6.45, 7) is 3.51. The van der Waals surface area contributed by atoms with E-state index >= 15 is 0 Å². The maximum atomic E-state index is 13.2. The van der Waals surface area contributed by atoms with Crippen molar-refractivity contribution in [3.8, 4) is 11.5 Å². The molecule has 0 radical (unpaired) electrons. The third-order valence-electron chi connectivity index (χ3n) is 5.46. The van der Waals surface area contributed by atoms with Crippen LogP contribution in [-0.2, 0) is 19.7 Å². The van der Waals surface area contributed by atoms with Crippen LogP contribution in [0.5, 0.6) is 11.5 Å². The van der Waals surface area contributed by atoms with Crippen LogP contribution in [0.4, 0.5) is 10.5 Å². The molecule has 1 fully saturated rings. The third-order valence-corrected chi connectivity index (χ3v) is 7.37. The van der Waals surface area contributed by atoms with Crippen molar-refractivity contribution in [1.82, 2.24) is 5.32 Å². The van der Waals surface area contributed by atoms with E-state index in [1.807, 2.05) is 0 Å². The Bertz CT molecular complexity index is 1590. The number of ether oxygens (including phenoxy) is 1. The summed E-state index contributed by atoms with van der Waals surface area (Å²) in [5.41, 5.74) is 0.701. The molecule has 0 atom stereocenters. The second-order valence-corrected chi connectivity index (χ2v) is 10.4. The molecule has 4 rings (SSSR count). The minimum Gasteiger partial charge on any atom is -0.490 e. The molecule has 3 aromatic carbocycles. The van der Waals surface area contributed by atoms with E-state index in [-0.39, 0.29) is 34.3 Å². The zero-order chi connectivity index (χ0) is 27.6. The molecule has 1 N–H and O–H groups in total. The van der Waals surface area contributed by atoms with Crippen molar-refractivity contribution in [3.63, 3.8) is 0 Å². The molecule has 196 valence electrons. The molecular weight excluding hydrogens is 555 g/mol. The van der Waals surface area contributed by atoms with E-state index in [1.54, 1.807) is 26.0 Å². The fourth-order valence-electron chi connectivity index (χ4n) is 3.60. The quantitative estimate of drug-likeness (QED) is 0.236. The Kier molecular flexibility index (Phi) is 7.77. The smallest absolute Gasteiger partial charge is 0.339 e. The van der Waals surface area contributed by atoms with E-state index < -0.39 is 28.0 Å². The molecule has 3 aromatic rings. The van der Waals surface area contributed by atoms with Gasteiger partial charge in [-0.05, 0) is 79.6 Å². The van der Waals surface area contributed by atoms with Crippen LogP contribution >= 0.6 is 23.2 Å². The van der Waals surface area contributed by atoms with E-state index in [0.29, 0.717) is 21.2 Å². The predicted octanol–water partition coefficient (Wildman–Crippen LogP) is 5.13. The topological polar surface area (TPSA) is 119 Å². The highest BCUT2D eigenvalue weighted by Crippen LogP contribution is 2.33. The van der Waals surface area contributed by atoms with Crippen molar-refractivity contribution in [2.24, 2.45) is 0 Å². The average Bonchev–Trinajstić information content (AvgIpc) is 2.86. The van der Waals surface area contributed by atoms with Gasteiger partial charge >= 0.3 is 16.1 Å². The van der Waals surface area contributed by atoms with Gasteiger partial charge in [-0.1, -0.05) is 35.3 Å². The number of anilines is 1. The van der Waals surface area contributed by atoms with Crippen LogP contribution in [0.1, 0.15) is 18.1 Å². The number of hydrogen-bond acceptors (Lipinski definition) is 7. The Hall–Kier alpha value is -3.86. The van der Waals surface area contributed by atoms with Crippen molar-refractivity contribution in [2.45, 2.75) is 18.7 Å². The monoisotopic (exact) mass is 574 g/mol. The number of halogens is 2. The number of hydrogen-bond donors (Lipinski definition) is 1. The lowest BCUT2D eigenvalue weighted by Gasteiger charge is -2.27. The molecular formula is C26H20Cl2N2O7S. The molecule has 12 heteroatoms. The van der Waals surface area contributed by atoms with Gasteiger partial charge in [-0.3, -0.25) is 14.9 Å². The van der Waals surface area contributed by atoms with Gasteiger partial charge in [-0.15, -0.1) is 0 Å². The van der Waals surface area contributed by atoms with Gasteiger partial charge < -0.3 is 8.92 Å². The highest BCUT2D eigenvalue weighted by molar-refractivity contribution is 7.87. The molecule has 1 heterocycles. The van der Waals surface area contributed by atoms with Crippen LogP contribution in [0.25, 0.3) is 6.08 Å². The number of urea groups is 1. The molecule has 0 unspecified atom stereocenters. The van der Waals surface area contributed by atoms with Crippen molar-refractivity contribution >= 4 is 62.9 Å². The first-order chi connectivity index (χ1) is 18.0. The van der Waals surface area contributed by atoms with E-state index in [4.69, 9.17) is 32.1 Å². The van der Waals surface area contributed by atoms with Gasteiger partial charge in [0.05, 0.1) is 12.3 Å². The number of barbiturate groups is 1. The highest BCUT2D eigenvalue weighted by Gasteiger charge is 2.37. The van der Waals surface area contributed by atoms with E-state index in [9.17, 15) is 22.8 Å². The fraction of sp³-hybridized carbons (Fsp3) is 0.115. The zero-order valence-corrected chi connectivity index (χ0v) is 22.4. The molecule has 1 aliphatic heterocycles. The van der Waals surface area contributed by atoms with Crippen LogP contribution in [0.3, 0.4) is 0 Å². The van der Waals surface area contributed by atoms with Crippen LogP contribution < -0.4 is 19.1 Å². The molecule has 38 heavy (non-hydrogen) atoms. The van der Waals surface area contributed by atoms with E-state index in [2.05, 4.69) is 5.32 Å². The van der Waals surface area contributed by atoms with Crippen molar-refractivity contribution in [3.05, 3.63) is 87.4 Å². The first-order valence-electron chi connectivity index (χ1n) is 11.2. The minimum atomic E-state index is -4.21. The summed E-state index contributed by atoms with van der Waals surface area (Å²) >= 11 is 12.0. The van der Waals surface area contributed by atoms with Crippen molar-refractivity contribution < 1.29 is 31.7 Å². The van der Waals surface area contributed by atoms with Gasteiger partial charge in [-0.25, -0.2) is 9.69 Å². The lowest BCUT2D eigenvalue weighted by Crippen LogP contribution is -2.54. The molecule has 0 aliphatic carbocycles. The molecule has 0 saturated carbocycles. The van der Waals surface area contributed by atoms with Crippen LogP contribution in [0.15, 0.2) is 71.1 Å². The normalized spacial score (nSPS) is 15.0. The summed E-state index contributed by atoms with van der Waals surface area (Å²) < 4.78 is 36.3. The van der Waals surface area contributed by atoms with Crippen LogP contribution in [0.2, 0.25) is 10.0 Å². The molecule has 0 bridgehead atoms. The first-order valence-corrected chi connectivity index (χ1v) is 13.3. The Balaban J connectivity index is 1.69. The molecule has 0 aromatic heterocycles. The number of nitrogens with one attached hydrogen (secondary N) is 1. The largest absolute Gasteiger partial charge is 0.490 e. The van der Waals surface area contributed by atoms with Gasteiger partial charge in [0.25, 0.3) is 11.8 Å². The standard InChI is InChI=1S/C26H20Cl2N2O7S/c1-3-36-23-14-16(7-12-22(23)37-38(34,35)18-10-8-17(27)9-11-18)13-19-24(31)29-26(33)30(25(19)32)21-6-4-5-20(28)15(21)2/h4-14H,3H2,1-2H3,(H,29,31,33)/b19-13+. The number of imide groups is 2. The third kappa shape index (κ3) is 5.52. The number of rotatable bonds is 7. The maximum Gasteiger partial charge on any atom is 0.339 e. The lowest BCUT2D eigenvalue weighted by molar-refractivity contribution is -0.122. The van der Waals surface area contributed by atoms with Gasteiger partial charge in [0, 0.05) is 10.0 Å². The predicted molar refractivity (Wildman–Crippen MR) is 142 cm³/mol. The van der Waals surface area contributed by atoms with Gasteiger partial charge in [0.1, 0.15) is 10.5 Å². The number of amides is 4. The summed E-state index contributed by atoms with van der Waals surface area (Å²) in [6, 6.07) is 13.4. The van der Waals surface area contributed by atoms with Crippen molar-refractivity contribution in [2.75, 3.05) is 11.5 Å². The fourth-order valence-corrected chi connectivity index (χ4v) is 4.84. The Morgan fingerprint density at radius 3 is 2.37 bits per heavy atom. The Morgan fingerprint density at radius 2 is 1.68 bits per heavy atom. The Labute approximate surface area is 228 Å². The summed E-state index contributed by atoms with van der Waals surface area (Å²) in [5, 5.41) is 2.86. The van der Waals surface area contributed by atoms with Crippen molar-refractivity contribution in [1.29, 1.82) is 0 Å². The summed E-state index contributed by atoms with van der Waals surface area (Å²) in [5.74, 6) is -1.79. The lowest BCUT2D eigenvalue weighted by atomic mass is 10.1. The Morgan fingerprint density at radius 1 is 0.974 bits per heavy atom. The second-order valence-electron chi connectivity index (χ2n) is 7.97. The number of nitrogens with zero attached hydrogens (tertiary/aromatic N) is 1. The SMILES string of the molecule is CCOc1cc(/C=C2\C(=O)NC(=O)N(c3cccc(Cl)c3C)C2=O)ccc1OS(=O)(=O)c1ccc(Cl)cc1. The molecule has 4 amide bonds. The summed E-state index contributed by atoms with van der Waals surface area (Å²) in [6.07, 6.45) is 1.26. The van der Waals surface area contributed by atoms with E-state index in [0.717, 1.165) is 4.90 Å². The van der Waals surface area contributed by atoms with Crippen LogP contribution in [-0.4, -0.2) is 32.9 Å². The number of carbonyl (C=O) groups excluding carboxylic acids is 3. The highest BCUT2D eigenvalue weighted by atomic mass is 35.5. The zero-order valence-electron chi connectivity index (χ0n) is 20.0. The second kappa shape index (κ2) is 10.9. The molecule has 9 nitrogen and oxygen atoms in total. The number of benzene rings is 3. The van der Waals surface area contributed by atoms with Gasteiger partial charge in [-0.2, -0.15) is 8.42 Å². The molecule has 1 saturated heterocycles. The molecule has 0 spiro atoms. The molecule has 1 aliphatic rings. The van der Waals surface area contributed by atoms with Gasteiger partial charge in [0.2, 0.25) is 0 Å². The first kappa shape index (κ1) is 27.2. The maximum absolute atomic E-state index is 13.2. The number of carbonyl (C=O) groups is 3. The summed E-state index contributed by atoms with van der Waals surface area (Å²) in [7, 11) is -4.21. The summed E-state index contributed by atoms with van der Waals surface area (Å²) in [4.78, 5) is 39.1.